The average molecular weight is 389 g/mol. The molecule has 0 bridgehead atoms. The second kappa shape index (κ2) is 8.47. The van der Waals surface area contributed by atoms with Gasteiger partial charge in [0.25, 0.3) is 0 Å². The van der Waals surface area contributed by atoms with Crippen LogP contribution in [0.3, 0.4) is 0 Å². The number of hydrogen-bond acceptors (Lipinski definition) is 6. The van der Waals surface area contributed by atoms with Crippen molar-refractivity contribution in [3.63, 3.8) is 0 Å². The van der Waals surface area contributed by atoms with Crippen LogP contribution >= 0.6 is 0 Å². The molecule has 0 saturated carbocycles. The number of anilines is 5. The van der Waals surface area contributed by atoms with Crippen LogP contribution in [0.25, 0.3) is 0 Å². The van der Waals surface area contributed by atoms with Gasteiger partial charge in [0.05, 0.1) is 6.20 Å². The molecule has 2 heterocycles. The number of nitrogens with zero attached hydrogens (tertiary/aromatic N) is 4. The Bertz CT molecular complexity index is 961. The predicted octanol–water partition coefficient (Wildman–Crippen LogP) is 5.21. The molecule has 4 rings (SSSR count). The third-order valence-electron chi connectivity index (χ3n) is 5.61. The quantitative estimate of drug-likeness (QED) is 0.625. The molecule has 6 heteroatoms. The molecule has 0 aliphatic carbocycles. The van der Waals surface area contributed by atoms with Gasteiger partial charge in [-0.25, -0.2) is 0 Å². The third kappa shape index (κ3) is 4.83. The Morgan fingerprint density at radius 3 is 2.34 bits per heavy atom. The van der Waals surface area contributed by atoms with E-state index in [9.17, 15) is 0 Å². The Balaban J connectivity index is 1.41. The first-order chi connectivity index (χ1) is 14.1. The summed E-state index contributed by atoms with van der Waals surface area (Å²) < 4.78 is 0. The highest BCUT2D eigenvalue weighted by molar-refractivity contribution is 5.62. The third-order valence-corrected chi connectivity index (χ3v) is 5.61. The van der Waals surface area contributed by atoms with Crippen molar-refractivity contribution in [1.29, 1.82) is 0 Å². The zero-order valence-electron chi connectivity index (χ0n) is 17.3. The van der Waals surface area contributed by atoms with E-state index in [1.807, 2.05) is 6.07 Å². The zero-order chi connectivity index (χ0) is 20.2. The van der Waals surface area contributed by atoms with Crippen molar-refractivity contribution in [2.45, 2.75) is 33.6 Å². The molecule has 150 valence electrons. The lowest BCUT2D eigenvalue weighted by molar-refractivity contribution is 0.438. The maximum Gasteiger partial charge on any atom is 0.249 e. The van der Waals surface area contributed by atoms with Gasteiger partial charge in [0.1, 0.15) is 0 Å². The molecule has 0 spiro atoms. The molecule has 2 N–H and O–H groups in total. The lowest BCUT2D eigenvalue weighted by Gasteiger charge is -2.32. The van der Waals surface area contributed by atoms with Gasteiger partial charge in [0.2, 0.25) is 5.95 Å². The number of nitrogens with one attached hydrogen (secondary N) is 2. The highest BCUT2D eigenvalue weighted by Crippen LogP contribution is 2.25. The van der Waals surface area contributed by atoms with Crippen LogP contribution in [0, 0.1) is 19.8 Å². The van der Waals surface area contributed by atoms with Crippen LogP contribution in [0.2, 0.25) is 0 Å². The fraction of sp³-hybridized carbons (Fsp3) is 0.348. The monoisotopic (exact) mass is 388 g/mol. The summed E-state index contributed by atoms with van der Waals surface area (Å²) in [5.41, 5.74) is 5.70. The van der Waals surface area contributed by atoms with Crippen molar-refractivity contribution >= 4 is 28.8 Å². The van der Waals surface area contributed by atoms with E-state index in [0.29, 0.717) is 11.8 Å². The summed E-state index contributed by atoms with van der Waals surface area (Å²) in [5.74, 6) is 1.96. The molecule has 1 fully saturated rings. The van der Waals surface area contributed by atoms with Crippen molar-refractivity contribution < 1.29 is 0 Å². The van der Waals surface area contributed by atoms with Crippen LogP contribution < -0.4 is 15.5 Å². The standard InChI is InChI=1S/C23H28N6/c1-16-10-12-29(13-11-16)21-8-6-19(7-9-21)26-23-27-22(15-24-28-23)25-20-5-4-17(2)18(3)14-20/h4-9,14-16H,10-13H2,1-3H3,(H2,25,26,27,28). The first kappa shape index (κ1) is 19.2. The highest BCUT2D eigenvalue weighted by Gasteiger charge is 2.15. The van der Waals surface area contributed by atoms with E-state index >= 15 is 0 Å². The molecule has 0 unspecified atom stereocenters. The second-order valence-electron chi connectivity index (χ2n) is 7.93. The minimum atomic E-state index is 0.471. The van der Waals surface area contributed by atoms with Gasteiger partial charge in [-0.1, -0.05) is 13.0 Å². The van der Waals surface area contributed by atoms with Crippen molar-refractivity contribution in [2.24, 2.45) is 5.92 Å². The molecule has 0 amide bonds. The maximum atomic E-state index is 4.53. The number of rotatable bonds is 5. The Kier molecular flexibility index (Phi) is 5.60. The van der Waals surface area contributed by atoms with Crippen LogP contribution in [0.5, 0.6) is 0 Å². The molecule has 6 nitrogen and oxygen atoms in total. The Morgan fingerprint density at radius 2 is 1.62 bits per heavy atom. The Morgan fingerprint density at radius 1 is 0.897 bits per heavy atom. The minimum absolute atomic E-state index is 0.471. The smallest absolute Gasteiger partial charge is 0.249 e. The summed E-state index contributed by atoms with van der Waals surface area (Å²) in [6, 6.07) is 14.7. The average Bonchev–Trinajstić information content (AvgIpc) is 2.72. The molecular formula is C23H28N6. The Labute approximate surface area is 172 Å². The van der Waals surface area contributed by atoms with Crippen molar-refractivity contribution in [3.8, 4) is 0 Å². The van der Waals surface area contributed by atoms with E-state index in [-0.39, 0.29) is 0 Å². The molecule has 0 atom stereocenters. The summed E-state index contributed by atoms with van der Waals surface area (Å²) in [6.45, 7) is 8.80. The van der Waals surface area contributed by atoms with E-state index < -0.39 is 0 Å². The van der Waals surface area contributed by atoms with Gasteiger partial charge in [0.15, 0.2) is 5.82 Å². The van der Waals surface area contributed by atoms with Gasteiger partial charge in [-0.3, -0.25) is 0 Å². The van der Waals surface area contributed by atoms with Crippen LogP contribution in [-0.4, -0.2) is 28.3 Å². The second-order valence-corrected chi connectivity index (χ2v) is 7.93. The van der Waals surface area contributed by atoms with E-state index in [4.69, 9.17) is 0 Å². The molecular weight excluding hydrogens is 360 g/mol. The minimum Gasteiger partial charge on any atom is -0.372 e. The van der Waals surface area contributed by atoms with Crippen LogP contribution in [0.15, 0.2) is 48.7 Å². The lowest BCUT2D eigenvalue weighted by Crippen LogP contribution is -2.32. The van der Waals surface area contributed by atoms with Crippen molar-refractivity contribution in [2.75, 3.05) is 28.6 Å². The largest absolute Gasteiger partial charge is 0.372 e. The lowest BCUT2D eigenvalue weighted by atomic mass is 9.99. The topological polar surface area (TPSA) is 66.0 Å². The fourth-order valence-electron chi connectivity index (χ4n) is 3.54. The molecule has 1 saturated heterocycles. The van der Waals surface area contributed by atoms with Crippen LogP contribution in [0.4, 0.5) is 28.8 Å². The fourth-order valence-corrected chi connectivity index (χ4v) is 3.54. The van der Waals surface area contributed by atoms with Gasteiger partial charge in [0, 0.05) is 30.2 Å². The normalized spacial score (nSPS) is 14.7. The van der Waals surface area contributed by atoms with Crippen molar-refractivity contribution in [1.82, 2.24) is 15.2 Å². The molecule has 3 aromatic rings. The first-order valence-corrected chi connectivity index (χ1v) is 10.2. The van der Waals surface area contributed by atoms with E-state index in [0.717, 1.165) is 30.4 Å². The van der Waals surface area contributed by atoms with Gasteiger partial charge < -0.3 is 15.5 Å². The number of benzene rings is 2. The number of piperidine rings is 1. The predicted molar refractivity (Wildman–Crippen MR) is 119 cm³/mol. The van der Waals surface area contributed by atoms with Gasteiger partial charge >= 0.3 is 0 Å². The summed E-state index contributed by atoms with van der Waals surface area (Å²) in [4.78, 5) is 6.98. The van der Waals surface area contributed by atoms with Gasteiger partial charge in [-0.05, 0) is 80.1 Å². The number of aryl methyl sites for hydroxylation is 2. The molecule has 0 radical (unpaired) electrons. The molecule has 29 heavy (non-hydrogen) atoms. The van der Waals surface area contributed by atoms with Crippen molar-refractivity contribution in [3.05, 3.63) is 59.8 Å². The summed E-state index contributed by atoms with van der Waals surface area (Å²) in [6.07, 6.45) is 4.15. The van der Waals surface area contributed by atoms with Crippen LogP contribution in [-0.2, 0) is 0 Å². The summed E-state index contributed by atoms with van der Waals surface area (Å²) in [5, 5.41) is 14.7. The SMILES string of the molecule is Cc1ccc(Nc2cnnc(Nc3ccc(N4CCC(C)CC4)cc3)n2)cc1C. The molecule has 1 aliphatic heterocycles. The molecule has 1 aliphatic rings. The van der Waals surface area contributed by atoms with Gasteiger partial charge in [-0.15, -0.1) is 5.10 Å². The van der Waals surface area contributed by atoms with E-state index in [1.165, 1.54) is 29.7 Å². The number of hydrogen-bond donors (Lipinski definition) is 2. The number of aromatic nitrogens is 3. The maximum absolute atomic E-state index is 4.53. The van der Waals surface area contributed by atoms with E-state index in [2.05, 4.69) is 87.9 Å². The zero-order valence-corrected chi connectivity index (χ0v) is 17.3. The van der Waals surface area contributed by atoms with E-state index in [1.54, 1.807) is 6.20 Å². The van der Waals surface area contributed by atoms with Gasteiger partial charge in [-0.2, -0.15) is 10.1 Å². The Hall–Kier alpha value is -3.15. The van der Waals surface area contributed by atoms with Crippen LogP contribution in [0.1, 0.15) is 30.9 Å². The highest BCUT2D eigenvalue weighted by atomic mass is 15.3. The summed E-state index contributed by atoms with van der Waals surface area (Å²) in [7, 11) is 0. The summed E-state index contributed by atoms with van der Waals surface area (Å²) >= 11 is 0. The molecule has 2 aromatic carbocycles. The first-order valence-electron chi connectivity index (χ1n) is 10.2. The molecule has 1 aromatic heterocycles.